The summed E-state index contributed by atoms with van der Waals surface area (Å²) in [6.45, 7) is 8.16. The topological polar surface area (TPSA) is 55.2 Å². The monoisotopic (exact) mass is 248 g/mol. The predicted molar refractivity (Wildman–Crippen MR) is 73.0 cm³/mol. The van der Waals surface area contributed by atoms with Gasteiger partial charge in [-0.2, -0.15) is 0 Å². The molecule has 0 aromatic heterocycles. The molecule has 98 valence electrons. The van der Waals surface area contributed by atoms with Gasteiger partial charge in [-0.05, 0) is 50.7 Å². The average molecular weight is 248 g/mol. The van der Waals surface area contributed by atoms with E-state index in [-0.39, 0.29) is 10.6 Å². The molecular formula is C14H20N2O2. The van der Waals surface area contributed by atoms with E-state index in [1.54, 1.807) is 13.0 Å². The molecule has 4 nitrogen and oxygen atoms in total. The first-order valence-electron chi connectivity index (χ1n) is 6.36. The van der Waals surface area contributed by atoms with Crippen molar-refractivity contribution in [2.75, 3.05) is 5.32 Å². The molecule has 1 fully saturated rings. The van der Waals surface area contributed by atoms with Crippen molar-refractivity contribution in [1.82, 2.24) is 0 Å². The van der Waals surface area contributed by atoms with Gasteiger partial charge in [0, 0.05) is 23.4 Å². The molecule has 2 rings (SSSR count). The van der Waals surface area contributed by atoms with E-state index in [4.69, 9.17) is 0 Å². The average Bonchev–Trinajstić information content (AvgIpc) is 3.02. The highest BCUT2D eigenvalue weighted by molar-refractivity contribution is 5.59. The zero-order valence-electron chi connectivity index (χ0n) is 11.4. The summed E-state index contributed by atoms with van der Waals surface area (Å²) in [6, 6.07) is 3.94. The molecule has 0 heterocycles. The lowest BCUT2D eigenvalue weighted by molar-refractivity contribution is -0.385. The summed E-state index contributed by atoms with van der Waals surface area (Å²) in [5.41, 5.74) is 3.24. The SMILES string of the molecule is Cc1cc([N+](=O)[O-])c(C)cc1NC(C)C1(C)CC1. The number of nitro benzene ring substituents is 1. The summed E-state index contributed by atoms with van der Waals surface area (Å²) in [5, 5.41) is 14.4. The van der Waals surface area contributed by atoms with Gasteiger partial charge in [0.05, 0.1) is 4.92 Å². The molecule has 1 saturated carbocycles. The van der Waals surface area contributed by atoms with Crippen LogP contribution in [0.5, 0.6) is 0 Å². The van der Waals surface area contributed by atoms with Gasteiger partial charge in [0.1, 0.15) is 0 Å². The fraction of sp³-hybridized carbons (Fsp3) is 0.571. The molecule has 1 atom stereocenters. The van der Waals surface area contributed by atoms with Crippen molar-refractivity contribution in [1.29, 1.82) is 0 Å². The number of nitrogens with zero attached hydrogens (tertiary/aromatic N) is 1. The van der Waals surface area contributed by atoms with E-state index in [0.29, 0.717) is 17.0 Å². The van der Waals surface area contributed by atoms with Crippen LogP contribution in [0.15, 0.2) is 12.1 Å². The number of anilines is 1. The van der Waals surface area contributed by atoms with Crippen LogP contribution in [0, 0.1) is 29.4 Å². The first kappa shape index (κ1) is 12.9. The lowest BCUT2D eigenvalue weighted by Gasteiger charge is -2.23. The number of nitro groups is 1. The summed E-state index contributed by atoms with van der Waals surface area (Å²) in [4.78, 5) is 10.5. The van der Waals surface area contributed by atoms with Gasteiger partial charge < -0.3 is 5.32 Å². The molecule has 0 radical (unpaired) electrons. The van der Waals surface area contributed by atoms with Crippen molar-refractivity contribution in [3.63, 3.8) is 0 Å². The van der Waals surface area contributed by atoms with Crippen molar-refractivity contribution in [3.8, 4) is 0 Å². The van der Waals surface area contributed by atoms with E-state index >= 15 is 0 Å². The van der Waals surface area contributed by atoms with Crippen LogP contribution in [0.3, 0.4) is 0 Å². The van der Waals surface area contributed by atoms with Crippen LogP contribution in [0.25, 0.3) is 0 Å². The van der Waals surface area contributed by atoms with Crippen molar-refractivity contribution in [2.45, 2.75) is 46.6 Å². The predicted octanol–water partition coefficient (Wildman–Crippen LogP) is 3.81. The molecule has 0 amide bonds. The molecule has 0 aliphatic heterocycles. The summed E-state index contributed by atoms with van der Waals surface area (Å²) in [5.74, 6) is 0. The van der Waals surface area contributed by atoms with Crippen LogP contribution in [0.1, 0.15) is 37.8 Å². The third-order valence-corrected chi connectivity index (χ3v) is 4.20. The molecule has 1 aromatic rings. The summed E-state index contributed by atoms with van der Waals surface area (Å²) in [7, 11) is 0. The Morgan fingerprint density at radius 2 is 1.94 bits per heavy atom. The molecule has 0 spiro atoms. The van der Waals surface area contributed by atoms with Gasteiger partial charge in [0.2, 0.25) is 0 Å². The highest BCUT2D eigenvalue weighted by Crippen LogP contribution is 2.49. The lowest BCUT2D eigenvalue weighted by Crippen LogP contribution is -2.25. The van der Waals surface area contributed by atoms with Gasteiger partial charge in [-0.3, -0.25) is 10.1 Å². The van der Waals surface area contributed by atoms with Gasteiger partial charge in [0.25, 0.3) is 5.69 Å². The number of nitrogens with one attached hydrogen (secondary N) is 1. The van der Waals surface area contributed by atoms with Crippen LogP contribution < -0.4 is 5.32 Å². The van der Waals surface area contributed by atoms with Crippen LogP contribution in [-0.4, -0.2) is 11.0 Å². The Bertz CT molecular complexity index is 493. The Hall–Kier alpha value is -1.58. The van der Waals surface area contributed by atoms with Crippen molar-refractivity contribution in [2.24, 2.45) is 5.41 Å². The van der Waals surface area contributed by atoms with Crippen LogP contribution in [0.4, 0.5) is 11.4 Å². The Morgan fingerprint density at radius 1 is 1.33 bits per heavy atom. The van der Waals surface area contributed by atoms with E-state index < -0.39 is 0 Å². The molecule has 4 heteroatoms. The Balaban J connectivity index is 2.24. The van der Waals surface area contributed by atoms with Gasteiger partial charge in [-0.25, -0.2) is 0 Å². The fourth-order valence-corrected chi connectivity index (χ4v) is 2.19. The molecule has 1 unspecified atom stereocenters. The molecule has 1 aliphatic rings. The van der Waals surface area contributed by atoms with Crippen LogP contribution >= 0.6 is 0 Å². The molecule has 1 aromatic carbocycles. The van der Waals surface area contributed by atoms with E-state index in [2.05, 4.69) is 19.2 Å². The molecule has 1 N–H and O–H groups in total. The van der Waals surface area contributed by atoms with Crippen molar-refractivity contribution < 1.29 is 4.92 Å². The number of rotatable bonds is 4. The van der Waals surface area contributed by atoms with E-state index in [0.717, 1.165) is 11.3 Å². The molecule has 1 aliphatic carbocycles. The highest BCUT2D eigenvalue weighted by Gasteiger charge is 2.42. The Kier molecular flexibility index (Phi) is 3.05. The number of benzene rings is 1. The molecule has 18 heavy (non-hydrogen) atoms. The first-order chi connectivity index (χ1) is 8.33. The number of aryl methyl sites for hydroxylation is 2. The summed E-state index contributed by atoms with van der Waals surface area (Å²) in [6.07, 6.45) is 2.51. The minimum atomic E-state index is -0.322. The van der Waals surface area contributed by atoms with Gasteiger partial charge in [-0.15, -0.1) is 0 Å². The third kappa shape index (κ3) is 2.33. The fourth-order valence-electron chi connectivity index (χ4n) is 2.19. The molecule has 0 bridgehead atoms. The second-order valence-electron chi connectivity index (χ2n) is 5.73. The minimum Gasteiger partial charge on any atom is -0.382 e. The largest absolute Gasteiger partial charge is 0.382 e. The van der Waals surface area contributed by atoms with Crippen LogP contribution in [-0.2, 0) is 0 Å². The standard InChI is InChI=1S/C14H20N2O2/c1-9-8-13(16(17)18)10(2)7-12(9)15-11(3)14(4)5-6-14/h7-8,11,15H,5-6H2,1-4H3. The first-order valence-corrected chi connectivity index (χ1v) is 6.36. The lowest BCUT2D eigenvalue weighted by atomic mass is 9.99. The van der Waals surface area contributed by atoms with E-state index in [9.17, 15) is 10.1 Å². The number of hydrogen-bond donors (Lipinski definition) is 1. The second-order valence-corrected chi connectivity index (χ2v) is 5.73. The van der Waals surface area contributed by atoms with Crippen molar-refractivity contribution in [3.05, 3.63) is 33.4 Å². The second kappa shape index (κ2) is 4.26. The maximum atomic E-state index is 10.9. The van der Waals surface area contributed by atoms with E-state index in [1.165, 1.54) is 12.8 Å². The minimum absolute atomic E-state index is 0.198. The van der Waals surface area contributed by atoms with Gasteiger partial charge >= 0.3 is 0 Å². The summed E-state index contributed by atoms with van der Waals surface area (Å²) >= 11 is 0. The van der Waals surface area contributed by atoms with Gasteiger partial charge in [-0.1, -0.05) is 6.92 Å². The molecular weight excluding hydrogens is 228 g/mol. The normalized spacial score (nSPS) is 18.2. The quantitative estimate of drug-likeness (QED) is 0.651. The zero-order chi connectivity index (χ0) is 13.5. The Morgan fingerprint density at radius 3 is 2.44 bits per heavy atom. The maximum Gasteiger partial charge on any atom is 0.272 e. The molecule has 0 saturated heterocycles. The maximum absolute atomic E-state index is 10.9. The van der Waals surface area contributed by atoms with Crippen molar-refractivity contribution >= 4 is 11.4 Å². The van der Waals surface area contributed by atoms with E-state index in [1.807, 2.05) is 13.0 Å². The zero-order valence-corrected chi connectivity index (χ0v) is 11.4. The Labute approximate surface area is 108 Å². The van der Waals surface area contributed by atoms with Gasteiger partial charge in [0.15, 0.2) is 0 Å². The summed E-state index contributed by atoms with van der Waals surface area (Å²) < 4.78 is 0. The van der Waals surface area contributed by atoms with Crippen LogP contribution in [0.2, 0.25) is 0 Å². The number of hydrogen-bond acceptors (Lipinski definition) is 3. The third-order valence-electron chi connectivity index (χ3n) is 4.20. The smallest absolute Gasteiger partial charge is 0.272 e. The highest BCUT2D eigenvalue weighted by atomic mass is 16.6.